The molecule has 0 aromatic heterocycles. The number of hydrogen-bond donors (Lipinski definition) is 1. The summed E-state index contributed by atoms with van der Waals surface area (Å²) in [4.78, 5) is 11.6. The van der Waals surface area contributed by atoms with E-state index in [9.17, 15) is 9.00 Å². The standard InChI is InChI=1S/C17H18ClNO3S/c1-12-6-8-14(9-7-12)23(22)19(11-10-17(20)21)16-5-3-4-15(18)13(16)2/h3-9H,10-11H2,1-2H3,(H,20,21). The number of carboxylic acid groups (broad SMARTS) is 1. The molecule has 4 nitrogen and oxygen atoms in total. The van der Waals surface area contributed by atoms with Crippen LogP contribution in [0.4, 0.5) is 5.69 Å². The van der Waals surface area contributed by atoms with Crippen LogP contribution in [0, 0.1) is 13.8 Å². The number of anilines is 1. The monoisotopic (exact) mass is 351 g/mol. The molecule has 0 saturated carbocycles. The van der Waals surface area contributed by atoms with Crippen LogP contribution in [0.25, 0.3) is 0 Å². The van der Waals surface area contributed by atoms with Crippen molar-refractivity contribution in [1.29, 1.82) is 0 Å². The molecule has 1 unspecified atom stereocenters. The number of halogens is 1. The highest BCUT2D eigenvalue weighted by molar-refractivity contribution is 7.86. The maximum absolute atomic E-state index is 12.9. The fourth-order valence-corrected chi connectivity index (χ4v) is 3.56. The molecule has 0 aliphatic heterocycles. The lowest BCUT2D eigenvalue weighted by Crippen LogP contribution is -2.29. The first-order valence-corrected chi connectivity index (χ1v) is 8.61. The maximum atomic E-state index is 12.9. The van der Waals surface area contributed by atoms with E-state index < -0.39 is 17.0 Å². The largest absolute Gasteiger partial charge is 0.481 e. The van der Waals surface area contributed by atoms with Gasteiger partial charge in [-0.1, -0.05) is 35.4 Å². The van der Waals surface area contributed by atoms with E-state index in [1.165, 1.54) is 0 Å². The maximum Gasteiger partial charge on any atom is 0.305 e. The van der Waals surface area contributed by atoms with Crippen LogP contribution in [-0.2, 0) is 15.8 Å². The molecule has 122 valence electrons. The topological polar surface area (TPSA) is 57.6 Å². The van der Waals surface area contributed by atoms with Crippen molar-refractivity contribution < 1.29 is 14.1 Å². The normalized spacial score (nSPS) is 12.0. The summed E-state index contributed by atoms with van der Waals surface area (Å²) in [5, 5.41) is 9.53. The van der Waals surface area contributed by atoms with Gasteiger partial charge in [0, 0.05) is 11.6 Å². The van der Waals surface area contributed by atoms with Crippen molar-refractivity contribution in [1.82, 2.24) is 0 Å². The molecule has 0 aliphatic carbocycles. The molecule has 0 heterocycles. The second kappa shape index (κ2) is 7.62. The Balaban J connectivity index is 2.40. The van der Waals surface area contributed by atoms with Crippen LogP contribution >= 0.6 is 11.6 Å². The second-order valence-electron chi connectivity index (χ2n) is 5.19. The predicted octanol–water partition coefficient (Wildman–Crippen LogP) is 3.96. The SMILES string of the molecule is Cc1ccc(S(=O)N(CCC(=O)O)c2cccc(Cl)c2C)cc1. The Morgan fingerprint density at radius 3 is 2.43 bits per heavy atom. The summed E-state index contributed by atoms with van der Waals surface area (Å²) in [5.74, 6) is -0.935. The van der Waals surface area contributed by atoms with Gasteiger partial charge >= 0.3 is 5.97 Å². The van der Waals surface area contributed by atoms with Gasteiger partial charge in [-0.3, -0.25) is 9.10 Å². The van der Waals surface area contributed by atoms with E-state index in [0.29, 0.717) is 15.6 Å². The summed E-state index contributed by atoms with van der Waals surface area (Å²) in [7, 11) is -1.50. The van der Waals surface area contributed by atoms with Gasteiger partial charge in [-0.05, 0) is 43.7 Å². The van der Waals surface area contributed by atoms with Gasteiger partial charge in [0.05, 0.1) is 17.0 Å². The Morgan fingerprint density at radius 2 is 1.83 bits per heavy atom. The van der Waals surface area contributed by atoms with Crippen molar-refractivity contribution >= 4 is 34.2 Å². The highest BCUT2D eigenvalue weighted by Crippen LogP contribution is 2.29. The molecule has 0 radical (unpaired) electrons. The highest BCUT2D eigenvalue weighted by atomic mass is 35.5. The van der Waals surface area contributed by atoms with Gasteiger partial charge in [-0.2, -0.15) is 0 Å². The second-order valence-corrected chi connectivity index (χ2v) is 7.01. The first-order chi connectivity index (χ1) is 10.9. The Hall–Kier alpha value is -1.85. The van der Waals surface area contributed by atoms with Crippen molar-refractivity contribution in [2.45, 2.75) is 25.2 Å². The minimum atomic E-state index is -1.50. The van der Waals surface area contributed by atoms with E-state index in [-0.39, 0.29) is 13.0 Å². The van der Waals surface area contributed by atoms with Crippen LogP contribution in [0.1, 0.15) is 17.5 Å². The summed E-state index contributed by atoms with van der Waals surface area (Å²) in [6, 6.07) is 12.7. The van der Waals surface area contributed by atoms with Crippen LogP contribution in [-0.4, -0.2) is 21.8 Å². The molecule has 0 aliphatic rings. The Kier molecular flexibility index (Phi) is 5.80. The number of rotatable bonds is 6. The summed E-state index contributed by atoms with van der Waals surface area (Å²) in [6.07, 6.45) is -0.108. The van der Waals surface area contributed by atoms with Gasteiger partial charge in [-0.25, -0.2) is 4.21 Å². The van der Waals surface area contributed by atoms with Crippen molar-refractivity contribution in [2.75, 3.05) is 10.8 Å². The molecule has 0 amide bonds. The molecular formula is C17H18ClNO3S. The zero-order chi connectivity index (χ0) is 17.0. The third kappa shape index (κ3) is 4.33. The van der Waals surface area contributed by atoms with Gasteiger partial charge < -0.3 is 5.11 Å². The van der Waals surface area contributed by atoms with Crippen LogP contribution in [0.2, 0.25) is 5.02 Å². The van der Waals surface area contributed by atoms with Crippen molar-refractivity contribution in [3.05, 3.63) is 58.6 Å². The van der Waals surface area contributed by atoms with Crippen molar-refractivity contribution in [3.63, 3.8) is 0 Å². The van der Waals surface area contributed by atoms with Crippen molar-refractivity contribution in [2.24, 2.45) is 0 Å². The molecule has 2 aromatic carbocycles. The van der Waals surface area contributed by atoms with Crippen molar-refractivity contribution in [3.8, 4) is 0 Å². The summed E-state index contributed by atoms with van der Waals surface area (Å²) in [6.45, 7) is 3.92. The Morgan fingerprint density at radius 1 is 1.17 bits per heavy atom. The van der Waals surface area contributed by atoms with E-state index in [1.807, 2.05) is 26.0 Å². The van der Waals surface area contributed by atoms with Crippen LogP contribution in [0.3, 0.4) is 0 Å². The van der Waals surface area contributed by atoms with E-state index in [4.69, 9.17) is 16.7 Å². The average molecular weight is 352 g/mol. The molecule has 1 N–H and O–H groups in total. The number of benzene rings is 2. The third-order valence-electron chi connectivity index (χ3n) is 3.46. The minimum absolute atomic E-state index is 0.108. The van der Waals surface area contributed by atoms with Crippen LogP contribution < -0.4 is 4.31 Å². The van der Waals surface area contributed by atoms with Crippen LogP contribution in [0.15, 0.2) is 47.4 Å². The average Bonchev–Trinajstić information content (AvgIpc) is 2.51. The predicted molar refractivity (Wildman–Crippen MR) is 93.4 cm³/mol. The number of nitrogens with zero attached hydrogens (tertiary/aromatic N) is 1. The zero-order valence-electron chi connectivity index (χ0n) is 13.0. The van der Waals surface area contributed by atoms with Gasteiger partial charge in [0.25, 0.3) is 0 Å². The summed E-state index contributed by atoms with van der Waals surface area (Å²) < 4.78 is 14.5. The Bertz CT molecular complexity index is 731. The molecule has 0 bridgehead atoms. The smallest absolute Gasteiger partial charge is 0.305 e. The molecule has 0 fully saturated rings. The van der Waals surface area contributed by atoms with Gasteiger partial charge in [-0.15, -0.1) is 0 Å². The van der Waals surface area contributed by atoms with Gasteiger partial charge in [0.1, 0.15) is 0 Å². The van der Waals surface area contributed by atoms with Gasteiger partial charge in [0.15, 0.2) is 11.0 Å². The number of aliphatic carboxylic acids is 1. The quantitative estimate of drug-likeness (QED) is 0.856. The van der Waals surface area contributed by atoms with Crippen LogP contribution in [0.5, 0.6) is 0 Å². The highest BCUT2D eigenvalue weighted by Gasteiger charge is 2.20. The molecule has 0 spiro atoms. The fourth-order valence-electron chi connectivity index (χ4n) is 2.14. The van der Waals surface area contributed by atoms with E-state index >= 15 is 0 Å². The van der Waals surface area contributed by atoms with E-state index in [0.717, 1.165) is 11.1 Å². The molecule has 2 aromatic rings. The number of carbonyl (C=O) groups is 1. The molecule has 1 atom stereocenters. The Labute approximate surface area is 143 Å². The first-order valence-electron chi connectivity index (χ1n) is 7.13. The van der Waals surface area contributed by atoms with E-state index in [2.05, 4.69) is 0 Å². The zero-order valence-corrected chi connectivity index (χ0v) is 14.5. The lowest BCUT2D eigenvalue weighted by atomic mass is 10.2. The molecule has 23 heavy (non-hydrogen) atoms. The molecule has 6 heteroatoms. The van der Waals surface area contributed by atoms with Gasteiger partial charge in [0.2, 0.25) is 0 Å². The summed E-state index contributed by atoms with van der Waals surface area (Å²) in [5.41, 5.74) is 2.53. The minimum Gasteiger partial charge on any atom is -0.481 e. The number of aryl methyl sites for hydroxylation is 1. The number of hydrogen-bond acceptors (Lipinski definition) is 2. The molecule has 0 saturated heterocycles. The lowest BCUT2D eigenvalue weighted by Gasteiger charge is -2.25. The molecule has 2 rings (SSSR count). The summed E-state index contributed by atoms with van der Waals surface area (Å²) >= 11 is 6.15. The first kappa shape index (κ1) is 17.5. The third-order valence-corrected chi connectivity index (χ3v) is 5.32. The van der Waals surface area contributed by atoms with E-state index in [1.54, 1.807) is 34.6 Å². The fraction of sp³-hybridized carbons (Fsp3) is 0.235. The molecular weight excluding hydrogens is 334 g/mol. The lowest BCUT2D eigenvalue weighted by molar-refractivity contribution is -0.136. The number of carboxylic acids is 1.